The van der Waals surface area contributed by atoms with Crippen LogP contribution in [0.5, 0.6) is 5.75 Å². The van der Waals surface area contributed by atoms with Crippen LogP contribution in [-0.2, 0) is 17.9 Å². The Bertz CT molecular complexity index is 1030. The number of nitrogens with one attached hydrogen (secondary N) is 3. The molecule has 1 aromatic heterocycles. The van der Waals surface area contributed by atoms with E-state index in [9.17, 15) is 4.79 Å². The minimum atomic E-state index is -0.156. The summed E-state index contributed by atoms with van der Waals surface area (Å²) >= 11 is 0. The molecule has 1 heterocycles. The molecule has 0 spiro atoms. The molecule has 0 bridgehead atoms. The fourth-order valence-corrected chi connectivity index (χ4v) is 2.93. The second-order valence-electron chi connectivity index (χ2n) is 6.77. The lowest BCUT2D eigenvalue weighted by molar-refractivity contribution is -0.114. The molecule has 8 heteroatoms. The molecule has 0 atom stereocenters. The van der Waals surface area contributed by atoms with Crippen molar-refractivity contribution in [2.24, 2.45) is 4.99 Å². The summed E-state index contributed by atoms with van der Waals surface area (Å²) in [5, 5.41) is 9.26. The third kappa shape index (κ3) is 6.33. The summed E-state index contributed by atoms with van der Waals surface area (Å²) in [6, 6.07) is 15.4. The zero-order valence-corrected chi connectivity index (χ0v) is 17.9. The number of benzene rings is 2. The van der Waals surface area contributed by atoms with Gasteiger partial charge in [0.15, 0.2) is 5.96 Å². The standard InChI is InChI=1S/C23H27N5O3/c1-4-24-23(25-13-17-10-11-21(30-3)20(12-17)27-16(2)29)26-14-19-15-31-22(28-19)18-8-6-5-7-9-18/h5-12,15H,4,13-14H2,1-3H3,(H,27,29)(H2,24,25,26). The van der Waals surface area contributed by atoms with Gasteiger partial charge in [0.1, 0.15) is 12.0 Å². The number of aromatic nitrogens is 1. The van der Waals surface area contributed by atoms with Gasteiger partial charge in [-0.05, 0) is 36.8 Å². The monoisotopic (exact) mass is 421 g/mol. The minimum Gasteiger partial charge on any atom is -0.495 e. The SMILES string of the molecule is CCNC(=NCc1ccc(OC)c(NC(C)=O)c1)NCc1coc(-c2ccccc2)n1. The van der Waals surface area contributed by atoms with E-state index >= 15 is 0 Å². The van der Waals surface area contributed by atoms with Gasteiger partial charge in [0.05, 0.1) is 31.6 Å². The van der Waals surface area contributed by atoms with Crippen molar-refractivity contribution in [1.29, 1.82) is 0 Å². The first kappa shape index (κ1) is 21.9. The summed E-state index contributed by atoms with van der Waals surface area (Å²) < 4.78 is 10.9. The minimum absolute atomic E-state index is 0.156. The highest BCUT2D eigenvalue weighted by atomic mass is 16.5. The fourth-order valence-electron chi connectivity index (χ4n) is 2.93. The Morgan fingerprint density at radius 2 is 1.97 bits per heavy atom. The van der Waals surface area contributed by atoms with Crippen LogP contribution in [0.3, 0.4) is 0 Å². The molecule has 0 radical (unpaired) electrons. The maximum atomic E-state index is 11.4. The number of methoxy groups -OCH3 is 1. The number of carbonyl (C=O) groups is 1. The van der Waals surface area contributed by atoms with Crippen LogP contribution in [0, 0.1) is 0 Å². The van der Waals surface area contributed by atoms with Crippen LogP contribution in [0.2, 0.25) is 0 Å². The van der Waals surface area contributed by atoms with Crippen molar-refractivity contribution in [3.8, 4) is 17.2 Å². The molecule has 0 unspecified atom stereocenters. The molecule has 0 aliphatic rings. The molecule has 3 aromatic rings. The molecule has 31 heavy (non-hydrogen) atoms. The molecule has 3 N–H and O–H groups in total. The molecular formula is C23H27N5O3. The molecule has 162 valence electrons. The molecule has 3 rings (SSSR count). The first-order valence-electron chi connectivity index (χ1n) is 10.1. The van der Waals surface area contributed by atoms with Crippen LogP contribution in [0.15, 0.2) is 64.2 Å². The van der Waals surface area contributed by atoms with Crippen molar-refractivity contribution < 1.29 is 13.9 Å². The van der Waals surface area contributed by atoms with Gasteiger partial charge < -0.3 is 25.1 Å². The molecule has 1 amide bonds. The van der Waals surface area contributed by atoms with E-state index in [0.717, 1.165) is 23.4 Å². The smallest absolute Gasteiger partial charge is 0.226 e. The van der Waals surface area contributed by atoms with Crippen molar-refractivity contribution in [3.05, 3.63) is 66.1 Å². The Hall–Kier alpha value is -3.81. The number of rotatable bonds is 8. The van der Waals surface area contributed by atoms with E-state index in [0.29, 0.717) is 36.4 Å². The van der Waals surface area contributed by atoms with Gasteiger partial charge in [-0.2, -0.15) is 0 Å². The number of amides is 1. The van der Waals surface area contributed by atoms with Crippen molar-refractivity contribution in [3.63, 3.8) is 0 Å². The second kappa shape index (κ2) is 10.8. The Balaban J connectivity index is 1.65. The van der Waals surface area contributed by atoms with E-state index < -0.39 is 0 Å². The van der Waals surface area contributed by atoms with Gasteiger partial charge in [-0.25, -0.2) is 9.98 Å². The van der Waals surface area contributed by atoms with Gasteiger partial charge in [0.25, 0.3) is 0 Å². The number of guanidine groups is 1. The average molecular weight is 422 g/mol. The first-order valence-corrected chi connectivity index (χ1v) is 10.1. The molecule has 0 aliphatic heterocycles. The Morgan fingerprint density at radius 3 is 2.68 bits per heavy atom. The Morgan fingerprint density at radius 1 is 1.16 bits per heavy atom. The van der Waals surface area contributed by atoms with Gasteiger partial charge >= 0.3 is 0 Å². The lowest BCUT2D eigenvalue weighted by atomic mass is 10.2. The van der Waals surface area contributed by atoms with E-state index in [1.807, 2.05) is 55.5 Å². The number of nitrogens with zero attached hydrogens (tertiary/aromatic N) is 2. The second-order valence-corrected chi connectivity index (χ2v) is 6.77. The highest BCUT2D eigenvalue weighted by molar-refractivity contribution is 5.90. The van der Waals surface area contributed by atoms with Crippen molar-refractivity contribution >= 4 is 17.6 Å². The van der Waals surface area contributed by atoms with E-state index in [1.54, 1.807) is 13.4 Å². The third-order valence-corrected chi connectivity index (χ3v) is 4.35. The zero-order valence-electron chi connectivity index (χ0n) is 17.9. The zero-order chi connectivity index (χ0) is 22.1. The molecule has 0 aliphatic carbocycles. The number of carbonyl (C=O) groups excluding carboxylic acids is 1. The summed E-state index contributed by atoms with van der Waals surface area (Å²) in [7, 11) is 1.57. The number of hydrogen-bond donors (Lipinski definition) is 3. The predicted molar refractivity (Wildman–Crippen MR) is 121 cm³/mol. The normalized spacial score (nSPS) is 11.1. The number of anilines is 1. The fraction of sp³-hybridized carbons (Fsp3) is 0.261. The van der Waals surface area contributed by atoms with E-state index in [-0.39, 0.29) is 5.91 Å². The number of aliphatic imine (C=N–C) groups is 1. The third-order valence-electron chi connectivity index (χ3n) is 4.35. The maximum Gasteiger partial charge on any atom is 0.226 e. The maximum absolute atomic E-state index is 11.4. The highest BCUT2D eigenvalue weighted by Crippen LogP contribution is 2.25. The van der Waals surface area contributed by atoms with Crippen LogP contribution in [0.1, 0.15) is 25.1 Å². The van der Waals surface area contributed by atoms with Crippen molar-refractivity contribution in [2.45, 2.75) is 26.9 Å². The highest BCUT2D eigenvalue weighted by Gasteiger charge is 2.08. The van der Waals surface area contributed by atoms with Crippen LogP contribution in [0.25, 0.3) is 11.5 Å². The van der Waals surface area contributed by atoms with Crippen molar-refractivity contribution in [2.75, 3.05) is 19.0 Å². The Kier molecular flexibility index (Phi) is 7.64. The molecule has 2 aromatic carbocycles. The van der Waals surface area contributed by atoms with Gasteiger partial charge in [-0.15, -0.1) is 0 Å². The van der Waals surface area contributed by atoms with Gasteiger partial charge in [-0.3, -0.25) is 4.79 Å². The van der Waals surface area contributed by atoms with Gasteiger partial charge in [0, 0.05) is 19.0 Å². The van der Waals surface area contributed by atoms with Crippen molar-refractivity contribution in [1.82, 2.24) is 15.6 Å². The summed E-state index contributed by atoms with van der Waals surface area (Å²) in [6.07, 6.45) is 1.64. The molecular weight excluding hydrogens is 394 g/mol. The average Bonchev–Trinajstić information content (AvgIpc) is 3.25. The van der Waals surface area contributed by atoms with E-state index in [4.69, 9.17) is 9.15 Å². The topological polar surface area (TPSA) is 101 Å². The summed E-state index contributed by atoms with van der Waals surface area (Å²) in [4.78, 5) is 20.6. The van der Waals surface area contributed by atoms with E-state index in [1.165, 1.54) is 6.92 Å². The van der Waals surface area contributed by atoms with Crippen LogP contribution < -0.4 is 20.7 Å². The molecule has 0 saturated carbocycles. The lowest BCUT2D eigenvalue weighted by Gasteiger charge is -2.12. The summed E-state index contributed by atoms with van der Waals surface area (Å²) in [5.41, 5.74) is 3.27. The summed E-state index contributed by atoms with van der Waals surface area (Å²) in [5.74, 6) is 1.69. The van der Waals surface area contributed by atoms with Crippen LogP contribution >= 0.6 is 0 Å². The van der Waals surface area contributed by atoms with Crippen LogP contribution in [-0.4, -0.2) is 30.5 Å². The predicted octanol–water partition coefficient (Wildman–Crippen LogP) is 3.56. The Labute approximate surface area is 181 Å². The molecule has 0 fully saturated rings. The quantitative estimate of drug-likeness (QED) is 0.380. The van der Waals surface area contributed by atoms with Gasteiger partial charge in [-0.1, -0.05) is 24.3 Å². The van der Waals surface area contributed by atoms with Gasteiger partial charge in [0.2, 0.25) is 11.8 Å². The summed E-state index contributed by atoms with van der Waals surface area (Å²) in [6.45, 7) is 5.09. The number of ether oxygens (including phenoxy) is 1. The molecule has 0 saturated heterocycles. The first-order chi connectivity index (χ1) is 15.1. The number of hydrogen-bond acceptors (Lipinski definition) is 5. The van der Waals surface area contributed by atoms with E-state index in [2.05, 4.69) is 25.9 Å². The number of oxazole rings is 1. The molecule has 8 nitrogen and oxygen atoms in total. The lowest BCUT2D eigenvalue weighted by Crippen LogP contribution is -2.36. The largest absolute Gasteiger partial charge is 0.495 e. The van der Waals surface area contributed by atoms with Crippen LogP contribution in [0.4, 0.5) is 5.69 Å².